The Morgan fingerprint density at radius 3 is 2.16 bits per heavy atom. The van der Waals surface area contributed by atoms with Crippen LogP contribution in [0.2, 0.25) is 0 Å². The lowest BCUT2D eigenvalue weighted by atomic mass is 10.1. The van der Waals surface area contributed by atoms with E-state index in [9.17, 15) is 14.4 Å². The number of hydrogen-bond donors (Lipinski definition) is 2. The van der Waals surface area contributed by atoms with Crippen LogP contribution in [-0.2, 0) is 4.79 Å². The van der Waals surface area contributed by atoms with Crippen molar-refractivity contribution >= 4 is 28.3 Å². The average Bonchev–Trinajstić information content (AvgIpc) is 2.95. The van der Waals surface area contributed by atoms with Crippen LogP contribution >= 0.6 is 0 Å². The summed E-state index contributed by atoms with van der Waals surface area (Å²) in [5.74, 6) is 0.661. The molecule has 196 valence electrons. The Morgan fingerprint density at radius 2 is 1.47 bits per heavy atom. The van der Waals surface area contributed by atoms with Gasteiger partial charge in [-0.3, -0.25) is 14.4 Å². The fourth-order valence-electron chi connectivity index (χ4n) is 3.83. The Kier molecular flexibility index (Phi) is 7.76. The largest absolute Gasteiger partial charge is 0.497 e. The molecular weight excluding hydrogens is 492 g/mol. The van der Waals surface area contributed by atoms with Crippen molar-refractivity contribution in [3.8, 4) is 28.7 Å². The van der Waals surface area contributed by atoms with Gasteiger partial charge in [0.2, 0.25) is 5.91 Å². The zero-order chi connectivity index (χ0) is 27.2. The molecule has 38 heavy (non-hydrogen) atoms. The van der Waals surface area contributed by atoms with Gasteiger partial charge in [0.25, 0.3) is 11.5 Å². The smallest absolute Gasteiger partial charge is 0.279 e. The lowest BCUT2D eigenvalue weighted by molar-refractivity contribution is -0.115. The zero-order valence-corrected chi connectivity index (χ0v) is 21.2. The first-order valence-corrected chi connectivity index (χ1v) is 11.4. The lowest BCUT2D eigenvalue weighted by Gasteiger charge is -2.15. The van der Waals surface area contributed by atoms with E-state index in [1.54, 1.807) is 60.7 Å². The van der Waals surface area contributed by atoms with E-state index in [4.69, 9.17) is 18.9 Å². The van der Waals surface area contributed by atoms with Crippen molar-refractivity contribution in [2.45, 2.75) is 0 Å². The SMILES string of the molecule is COc1ccc(OC)c(NC(=O)CNC(=O)c2nn(-c3ccc(OC)cc3OC)c(=O)c3ccccc23)c1. The lowest BCUT2D eigenvalue weighted by Crippen LogP contribution is -2.35. The zero-order valence-electron chi connectivity index (χ0n) is 21.2. The molecule has 11 heteroatoms. The number of carbonyl (C=O) groups is 2. The van der Waals surface area contributed by atoms with E-state index in [0.29, 0.717) is 39.8 Å². The van der Waals surface area contributed by atoms with Crippen LogP contribution in [0, 0.1) is 0 Å². The highest BCUT2D eigenvalue weighted by atomic mass is 16.5. The van der Waals surface area contributed by atoms with Gasteiger partial charge in [-0.15, -0.1) is 0 Å². The molecule has 2 amide bonds. The molecule has 11 nitrogen and oxygen atoms in total. The highest BCUT2D eigenvalue weighted by Crippen LogP contribution is 2.29. The Bertz CT molecular complexity index is 1570. The first-order chi connectivity index (χ1) is 18.4. The fraction of sp³-hybridized carbons (Fsp3) is 0.185. The molecule has 1 heterocycles. The van der Waals surface area contributed by atoms with Crippen LogP contribution in [-0.4, -0.2) is 56.6 Å². The predicted octanol–water partition coefficient (Wildman–Crippen LogP) is 2.79. The number of benzene rings is 3. The summed E-state index contributed by atoms with van der Waals surface area (Å²) in [7, 11) is 5.94. The maximum absolute atomic E-state index is 13.3. The second-order valence-electron chi connectivity index (χ2n) is 7.95. The highest BCUT2D eigenvalue weighted by Gasteiger charge is 2.20. The van der Waals surface area contributed by atoms with Crippen molar-refractivity contribution in [1.82, 2.24) is 15.1 Å². The average molecular weight is 519 g/mol. The van der Waals surface area contributed by atoms with Crippen LogP contribution in [0.3, 0.4) is 0 Å². The third-order valence-corrected chi connectivity index (χ3v) is 5.73. The van der Waals surface area contributed by atoms with Gasteiger partial charge in [-0.1, -0.05) is 18.2 Å². The molecule has 0 saturated carbocycles. The van der Waals surface area contributed by atoms with Crippen molar-refractivity contribution in [1.29, 1.82) is 0 Å². The Balaban J connectivity index is 1.64. The molecule has 1 aromatic heterocycles. The molecule has 0 spiro atoms. The molecule has 0 aliphatic heterocycles. The molecule has 3 aromatic carbocycles. The molecule has 0 unspecified atom stereocenters. The molecule has 4 aromatic rings. The van der Waals surface area contributed by atoms with Gasteiger partial charge in [0.05, 0.1) is 46.1 Å². The molecule has 0 radical (unpaired) electrons. The number of anilines is 1. The quantitative estimate of drug-likeness (QED) is 0.346. The number of methoxy groups -OCH3 is 4. The number of rotatable bonds is 9. The van der Waals surface area contributed by atoms with Gasteiger partial charge in [-0.2, -0.15) is 9.78 Å². The van der Waals surface area contributed by atoms with E-state index in [1.165, 1.54) is 28.4 Å². The second-order valence-corrected chi connectivity index (χ2v) is 7.95. The maximum atomic E-state index is 13.3. The number of amides is 2. The van der Waals surface area contributed by atoms with E-state index in [1.807, 2.05) is 0 Å². The van der Waals surface area contributed by atoms with E-state index < -0.39 is 17.4 Å². The van der Waals surface area contributed by atoms with E-state index in [0.717, 1.165) is 4.68 Å². The van der Waals surface area contributed by atoms with Crippen molar-refractivity contribution in [2.75, 3.05) is 40.3 Å². The fourth-order valence-corrected chi connectivity index (χ4v) is 3.83. The summed E-state index contributed by atoms with van der Waals surface area (Å²) in [5, 5.41) is 10.2. The third-order valence-electron chi connectivity index (χ3n) is 5.73. The predicted molar refractivity (Wildman–Crippen MR) is 141 cm³/mol. The van der Waals surface area contributed by atoms with Crippen LogP contribution < -0.4 is 35.1 Å². The summed E-state index contributed by atoms with van der Waals surface area (Å²) >= 11 is 0. The number of hydrogen-bond acceptors (Lipinski definition) is 8. The number of carbonyl (C=O) groups excluding carboxylic acids is 2. The van der Waals surface area contributed by atoms with Crippen molar-refractivity contribution in [3.05, 3.63) is 76.7 Å². The van der Waals surface area contributed by atoms with E-state index >= 15 is 0 Å². The third kappa shape index (κ3) is 5.21. The van der Waals surface area contributed by atoms with Gasteiger partial charge in [-0.05, 0) is 30.3 Å². The van der Waals surface area contributed by atoms with Crippen LogP contribution in [0.25, 0.3) is 16.5 Å². The molecule has 0 atom stereocenters. The number of aromatic nitrogens is 2. The molecular formula is C27H26N4O7. The van der Waals surface area contributed by atoms with Crippen molar-refractivity contribution in [2.24, 2.45) is 0 Å². The number of nitrogens with one attached hydrogen (secondary N) is 2. The minimum absolute atomic E-state index is 0.0372. The van der Waals surface area contributed by atoms with E-state index in [2.05, 4.69) is 15.7 Å². The standard InChI is InChI=1S/C27H26N4O7/c1-35-16-10-12-22(37-3)20(13-16)29-24(32)15-28-26(33)25-18-7-5-6-8-19(18)27(34)31(30-25)21-11-9-17(36-2)14-23(21)38-4/h5-14H,15H2,1-4H3,(H,28,33)(H,29,32). The van der Waals surface area contributed by atoms with Gasteiger partial charge in [0.15, 0.2) is 5.69 Å². The Labute approximate surface area is 217 Å². The number of nitrogens with zero attached hydrogens (tertiary/aromatic N) is 2. The second kappa shape index (κ2) is 11.3. The Morgan fingerprint density at radius 1 is 0.816 bits per heavy atom. The minimum Gasteiger partial charge on any atom is -0.497 e. The normalized spacial score (nSPS) is 10.5. The number of fused-ring (bicyclic) bond motifs is 1. The topological polar surface area (TPSA) is 130 Å². The molecule has 0 saturated heterocycles. The van der Waals surface area contributed by atoms with Crippen LogP contribution in [0.5, 0.6) is 23.0 Å². The van der Waals surface area contributed by atoms with Gasteiger partial charge >= 0.3 is 0 Å². The van der Waals surface area contributed by atoms with Gasteiger partial charge in [-0.25, -0.2) is 0 Å². The summed E-state index contributed by atoms with van der Waals surface area (Å²) in [6.45, 7) is -0.361. The highest BCUT2D eigenvalue weighted by molar-refractivity contribution is 6.06. The van der Waals surface area contributed by atoms with Crippen LogP contribution in [0.4, 0.5) is 5.69 Å². The van der Waals surface area contributed by atoms with Crippen LogP contribution in [0.1, 0.15) is 10.5 Å². The van der Waals surface area contributed by atoms with E-state index in [-0.39, 0.29) is 17.6 Å². The van der Waals surface area contributed by atoms with Gasteiger partial charge < -0.3 is 29.6 Å². The maximum Gasteiger partial charge on any atom is 0.279 e. The van der Waals surface area contributed by atoms with Crippen molar-refractivity contribution < 1.29 is 28.5 Å². The van der Waals surface area contributed by atoms with Crippen LogP contribution in [0.15, 0.2) is 65.5 Å². The van der Waals surface area contributed by atoms with Crippen molar-refractivity contribution in [3.63, 3.8) is 0 Å². The molecule has 2 N–H and O–H groups in total. The summed E-state index contributed by atoms with van der Waals surface area (Å²) in [5.41, 5.74) is 0.226. The molecule has 0 bridgehead atoms. The summed E-state index contributed by atoms with van der Waals surface area (Å²) in [6, 6.07) is 16.4. The summed E-state index contributed by atoms with van der Waals surface area (Å²) in [4.78, 5) is 39.2. The minimum atomic E-state index is -0.643. The molecule has 0 aliphatic rings. The molecule has 0 fully saturated rings. The van der Waals surface area contributed by atoms with Gasteiger partial charge in [0, 0.05) is 17.5 Å². The Hall–Kier alpha value is -5.06. The summed E-state index contributed by atoms with van der Waals surface area (Å²) < 4.78 is 22.2. The number of ether oxygens (including phenoxy) is 4. The monoisotopic (exact) mass is 518 g/mol. The molecule has 4 rings (SSSR count). The van der Waals surface area contributed by atoms with Gasteiger partial charge in [0.1, 0.15) is 28.7 Å². The summed E-state index contributed by atoms with van der Waals surface area (Å²) in [6.07, 6.45) is 0. The first kappa shape index (κ1) is 26.0. The molecule has 0 aliphatic carbocycles. The first-order valence-electron chi connectivity index (χ1n) is 11.4.